The minimum Gasteiger partial charge on any atom is -0.396 e. The fourth-order valence-electron chi connectivity index (χ4n) is 1.58. The molecule has 1 aromatic heterocycles. The standard InChI is InChI=1S/C13H13F2N3/c1-8-4-12(16)13(17-6-8)18-7-9-2-3-10(14)5-11(9)15/h2-6H,7,16H2,1H3,(H,17,18). The summed E-state index contributed by atoms with van der Waals surface area (Å²) in [6.07, 6.45) is 1.67. The summed E-state index contributed by atoms with van der Waals surface area (Å²) >= 11 is 0. The van der Waals surface area contributed by atoms with E-state index in [1.165, 1.54) is 12.1 Å². The molecule has 0 aliphatic heterocycles. The lowest BCUT2D eigenvalue weighted by atomic mass is 10.2. The van der Waals surface area contributed by atoms with Crippen molar-refractivity contribution in [3.8, 4) is 0 Å². The van der Waals surface area contributed by atoms with Crippen LogP contribution < -0.4 is 11.1 Å². The SMILES string of the molecule is Cc1cnc(NCc2ccc(F)cc2F)c(N)c1. The monoisotopic (exact) mass is 249 g/mol. The average Bonchev–Trinajstić information content (AvgIpc) is 2.30. The Balaban J connectivity index is 2.11. The molecule has 0 aliphatic rings. The number of hydrogen-bond donors (Lipinski definition) is 2. The molecule has 2 rings (SSSR count). The number of aromatic nitrogens is 1. The van der Waals surface area contributed by atoms with Gasteiger partial charge in [-0.1, -0.05) is 6.07 Å². The van der Waals surface area contributed by atoms with Crippen LogP contribution in [0.2, 0.25) is 0 Å². The number of nitrogen functional groups attached to an aromatic ring is 1. The van der Waals surface area contributed by atoms with E-state index in [1.54, 1.807) is 12.3 Å². The summed E-state index contributed by atoms with van der Waals surface area (Å²) in [6, 6.07) is 5.23. The van der Waals surface area contributed by atoms with Crippen LogP contribution in [-0.2, 0) is 6.54 Å². The molecule has 3 N–H and O–H groups in total. The summed E-state index contributed by atoms with van der Waals surface area (Å²) in [5, 5.41) is 2.92. The van der Waals surface area contributed by atoms with Crippen molar-refractivity contribution in [2.75, 3.05) is 11.1 Å². The van der Waals surface area contributed by atoms with E-state index in [1.807, 2.05) is 6.92 Å². The number of nitrogens with zero attached hydrogens (tertiary/aromatic N) is 1. The van der Waals surface area contributed by atoms with Gasteiger partial charge in [0.1, 0.15) is 17.5 Å². The van der Waals surface area contributed by atoms with Gasteiger partial charge in [0, 0.05) is 24.4 Å². The highest BCUT2D eigenvalue weighted by atomic mass is 19.1. The topological polar surface area (TPSA) is 50.9 Å². The van der Waals surface area contributed by atoms with Gasteiger partial charge in [0.15, 0.2) is 0 Å². The van der Waals surface area contributed by atoms with Gasteiger partial charge in [0.2, 0.25) is 0 Å². The number of benzene rings is 1. The van der Waals surface area contributed by atoms with Crippen LogP contribution in [0.25, 0.3) is 0 Å². The van der Waals surface area contributed by atoms with E-state index in [9.17, 15) is 8.78 Å². The molecule has 0 saturated heterocycles. The van der Waals surface area contributed by atoms with Gasteiger partial charge >= 0.3 is 0 Å². The Bertz CT molecular complexity index is 519. The molecule has 0 amide bonds. The van der Waals surface area contributed by atoms with E-state index in [2.05, 4.69) is 10.3 Å². The third-order valence-corrected chi connectivity index (χ3v) is 2.52. The molecule has 0 aliphatic carbocycles. The van der Waals surface area contributed by atoms with Gasteiger partial charge in [-0.2, -0.15) is 0 Å². The van der Waals surface area contributed by atoms with Crippen molar-refractivity contribution in [1.29, 1.82) is 0 Å². The number of nitrogens with two attached hydrogens (primary N) is 1. The second-order valence-corrected chi connectivity index (χ2v) is 4.04. The fraction of sp³-hybridized carbons (Fsp3) is 0.154. The quantitative estimate of drug-likeness (QED) is 0.879. The summed E-state index contributed by atoms with van der Waals surface area (Å²) in [7, 11) is 0. The van der Waals surface area contributed by atoms with Crippen LogP contribution in [-0.4, -0.2) is 4.98 Å². The van der Waals surface area contributed by atoms with Gasteiger partial charge in [-0.3, -0.25) is 0 Å². The summed E-state index contributed by atoms with van der Waals surface area (Å²) in [4.78, 5) is 4.11. The first-order valence-corrected chi connectivity index (χ1v) is 5.46. The molecule has 0 atom stereocenters. The highest BCUT2D eigenvalue weighted by molar-refractivity contribution is 5.61. The summed E-state index contributed by atoms with van der Waals surface area (Å²) < 4.78 is 26.1. The second kappa shape index (κ2) is 5.00. The van der Waals surface area contributed by atoms with Crippen molar-refractivity contribution >= 4 is 11.5 Å². The number of rotatable bonds is 3. The largest absolute Gasteiger partial charge is 0.396 e. The van der Waals surface area contributed by atoms with Gasteiger partial charge in [-0.25, -0.2) is 13.8 Å². The summed E-state index contributed by atoms with van der Waals surface area (Å²) in [5.41, 5.74) is 7.58. The zero-order chi connectivity index (χ0) is 13.1. The van der Waals surface area contributed by atoms with Gasteiger partial charge < -0.3 is 11.1 Å². The Morgan fingerprint density at radius 2 is 2.06 bits per heavy atom. The average molecular weight is 249 g/mol. The van der Waals surface area contributed by atoms with Gasteiger partial charge in [-0.05, 0) is 24.6 Å². The van der Waals surface area contributed by atoms with Crippen LogP contribution in [0.4, 0.5) is 20.3 Å². The Hall–Kier alpha value is -2.17. The van der Waals surface area contributed by atoms with Gasteiger partial charge in [0.05, 0.1) is 5.69 Å². The maximum atomic E-state index is 13.4. The Morgan fingerprint density at radius 3 is 2.72 bits per heavy atom. The lowest BCUT2D eigenvalue weighted by Gasteiger charge is -2.09. The van der Waals surface area contributed by atoms with Gasteiger partial charge in [0.25, 0.3) is 0 Å². The summed E-state index contributed by atoms with van der Waals surface area (Å²) in [6.45, 7) is 2.08. The number of pyridine rings is 1. The molecule has 0 unspecified atom stereocenters. The number of halogens is 2. The molecule has 0 saturated carbocycles. The van der Waals surface area contributed by atoms with E-state index < -0.39 is 11.6 Å². The van der Waals surface area contributed by atoms with Crippen LogP contribution in [0.15, 0.2) is 30.5 Å². The smallest absolute Gasteiger partial charge is 0.149 e. The molecule has 5 heteroatoms. The van der Waals surface area contributed by atoms with Crippen molar-refractivity contribution in [3.05, 3.63) is 53.2 Å². The molecule has 0 radical (unpaired) electrons. The molecule has 2 aromatic rings. The van der Waals surface area contributed by atoms with Crippen molar-refractivity contribution in [1.82, 2.24) is 4.98 Å². The molecule has 94 valence electrons. The zero-order valence-electron chi connectivity index (χ0n) is 9.87. The highest BCUT2D eigenvalue weighted by Crippen LogP contribution is 2.17. The maximum Gasteiger partial charge on any atom is 0.149 e. The Labute approximate surface area is 104 Å². The molecular formula is C13H13F2N3. The number of nitrogens with one attached hydrogen (secondary N) is 1. The normalized spacial score (nSPS) is 10.4. The maximum absolute atomic E-state index is 13.4. The molecule has 0 spiro atoms. The van der Waals surface area contributed by atoms with E-state index in [-0.39, 0.29) is 6.54 Å². The molecule has 0 bridgehead atoms. The first kappa shape index (κ1) is 12.3. The second-order valence-electron chi connectivity index (χ2n) is 4.04. The lowest BCUT2D eigenvalue weighted by molar-refractivity contribution is 0.574. The minimum absolute atomic E-state index is 0.201. The van der Waals surface area contributed by atoms with E-state index >= 15 is 0 Å². The Morgan fingerprint density at radius 1 is 1.28 bits per heavy atom. The molecular weight excluding hydrogens is 236 g/mol. The first-order valence-electron chi connectivity index (χ1n) is 5.46. The first-order chi connectivity index (χ1) is 8.56. The zero-order valence-corrected chi connectivity index (χ0v) is 9.87. The highest BCUT2D eigenvalue weighted by Gasteiger charge is 2.05. The minimum atomic E-state index is -0.593. The Kier molecular flexibility index (Phi) is 3.41. The van der Waals surface area contributed by atoms with Crippen molar-refractivity contribution < 1.29 is 8.78 Å². The molecule has 1 heterocycles. The van der Waals surface area contributed by atoms with Gasteiger partial charge in [-0.15, -0.1) is 0 Å². The number of hydrogen-bond acceptors (Lipinski definition) is 3. The predicted octanol–water partition coefficient (Wildman–Crippen LogP) is 2.86. The van der Waals surface area contributed by atoms with Crippen molar-refractivity contribution in [3.63, 3.8) is 0 Å². The van der Waals surface area contributed by atoms with Crippen molar-refractivity contribution in [2.24, 2.45) is 0 Å². The molecule has 0 fully saturated rings. The molecule has 3 nitrogen and oxygen atoms in total. The van der Waals surface area contributed by atoms with E-state index in [4.69, 9.17) is 5.73 Å². The van der Waals surface area contributed by atoms with Crippen LogP contribution >= 0.6 is 0 Å². The van der Waals surface area contributed by atoms with Crippen LogP contribution in [0, 0.1) is 18.6 Å². The number of aryl methyl sites for hydroxylation is 1. The fourth-order valence-corrected chi connectivity index (χ4v) is 1.58. The predicted molar refractivity (Wildman–Crippen MR) is 67.1 cm³/mol. The molecule has 18 heavy (non-hydrogen) atoms. The third kappa shape index (κ3) is 2.74. The molecule has 1 aromatic carbocycles. The third-order valence-electron chi connectivity index (χ3n) is 2.52. The van der Waals surface area contributed by atoms with Crippen molar-refractivity contribution in [2.45, 2.75) is 13.5 Å². The van der Waals surface area contributed by atoms with Crippen LogP contribution in [0.1, 0.15) is 11.1 Å². The lowest BCUT2D eigenvalue weighted by Crippen LogP contribution is -2.06. The van der Waals surface area contributed by atoms with E-state index in [0.717, 1.165) is 11.6 Å². The van der Waals surface area contributed by atoms with E-state index in [0.29, 0.717) is 17.1 Å². The van der Waals surface area contributed by atoms with Crippen LogP contribution in [0.3, 0.4) is 0 Å². The van der Waals surface area contributed by atoms with Crippen LogP contribution in [0.5, 0.6) is 0 Å². The number of anilines is 2. The summed E-state index contributed by atoms with van der Waals surface area (Å²) in [5.74, 6) is -0.693.